The molecular formula is C13H9N3. The average Bonchev–Trinajstić information content (AvgIpc) is 2.42. The Bertz CT molecular complexity index is 509. The molecule has 0 aliphatic rings. The van der Waals surface area contributed by atoms with Crippen LogP contribution in [0.2, 0.25) is 0 Å². The van der Waals surface area contributed by atoms with Gasteiger partial charge in [-0.1, -0.05) is 42.5 Å². The second-order valence-corrected chi connectivity index (χ2v) is 2.98. The van der Waals surface area contributed by atoms with E-state index in [1.807, 2.05) is 48.5 Å². The molecular weight excluding hydrogens is 198 g/mol. The van der Waals surface area contributed by atoms with Gasteiger partial charge in [-0.25, -0.2) is 0 Å². The van der Waals surface area contributed by atoms with Gasteiger partial charge in [0.05, 0.1) is 5.56 Å². The smallest absolute Gasteiger partial charge is 0.392 e. The van der Waals surface area contributed by atoms with Crippen molar-refractivity contribution in [1.29, 1.82) is 10.7 Å². The molecule has 16 heavy (non-hydrogen) atoms. The minimum atomic E-state index is 0.596. The van der Waals surface area contributed by atoms with Crippen molar-refractivity contribution < 1.29 is 0 Å². The molecule has 0 N–H and O–H groups in total. The lowest BCUT2D eigenvalue weighted by Crippen LogP contribution is -1.75. The van der Waals surface area contributed by atoms with E-state index in [-0.39, 0.29) is 0 Å². The van der Waals surface area contributed by atoms with Crippen LogP contribution in [0, 0.1) is 17.2 Å². The van der Waals surface area contributed by atoms with Gasteiger partial charge in [-0.15, -0.1) is 0 Å². The fraction of sp³-hybridized carbons (Fsp3) is 0. The van der Waals surface area contributed by atoms with Crippen molar-refractivity contribution in [1.82, 2.24) is 0 Å². The molecule has 0 atom stereocenters. The molecule has 0 saturated carbocycles. The standard InChI is InChI=1S/C12H9N2.CN/c13-14-12-9-5-4-8-11(12)10-6-2-1-3-7-10;1-2/h1-9H;/q+1;-1. The van der Waals surface area contributed by atoms with E-state index in [1.165, 1.54) is 0 Å². The Hall–Kier alpha value is -2.65. The lowest BCUT2D eigenvalue weighted by atomic mass is 10.0. The Balaban J connectivity index is 0.000000606. The van der Waals surface area contributed by atoms with E-state index < -0.39 is 0 Å². The van der Waals surface area contributed by atoms with Crippen LogP contribution in [-0.2, 0) is 0 Å². The fourth-order valence-electron chi connectivity index (χ4n) is 1.42. The van der Waals surface area contributed by atoms with Crippen molar-refractivity contribution in [2.24, 2.45) is 0 Å². The van der Waals surface area contributed by atoms with Gasteiger partial charge in [0, 0.05) is 6.07 Å². The second-order valence-electron chi connectivity index (χ2n) is 2.98. The molecule has 0 aliphatic carbocycles. The zero-order chi connectivity index (χ0) is 11.8. The molecule has 2 rings (SSSR count). The Kier molecular flexibility index (Phi) is 4.25. The molecule has 0 heterocycles. The molecule has 76 valence electrons. The first-order valence-corrected chi connectivity index (χ1v) is 4.64. The van der Waals surface area contributed by atoms with Gasteiger partial charge in [0.2, 0.25) is 5.39 Å². The summed E-state index contributed by atoms with van der Waals surface area (Å²) in [7, 11) is 0. The van der Waals surface area contributed by atoms with Crippen LogP contribution in [0.25, 0.3) is 16.1 Å². The Morgan fingerprint density at radius 1 is 0.812 bits per heavy atom. The van der Waals surface area contributed by atoms with Crippen LogP contribution in [0.3, 0.4) is 0 Å². The number of diazo groups is 1. The highest BCUT2D eigenvalue weighted by Gasteiger charge is 2.12. The van der Waals surface area contributed by atoms with Crippen LogP contribution >= 0.6 is 0 Å². The largest absolute Gasteiger partial charge is 0.512 e. The van der Waals surface area contributed by atoms with Crippen LogP contribution in [0.5, 0.6) is 0 Å². The average molecular weight is 207 g/mol. The normalized spacial score (nSPS) is 8.31. The number of nitrogens with zero attached hydrogens (tertiary/aromatic N) is 3. The van der Waals surface area contributed by atoms with Gasteiger partial charge < -0.3 is 11.8 Å². The van der Waals surface area contributed by atoms with Crippen molar-refractivity contribution in [3.8, 4) is 11.1 Å². The zero-order valence-corrected chi connectivity index (χ0v) is 8.54. The Morgan fingerprint density at radius 2 is 1.38 bits per heavy atom. The topological polar surface area (TPSA) is 51.9 Å². The number of hydrogen-bond acceptors (Lipinski definition) is 2. The van der Waals surface area contributed by atoms with E-state index >= 15 is 0 Å². The quantitative estimate of drug-likeness (QED) is 0.525. The van der Waals surface area contributed by atoms with Gasteiger partial charge in [-0.05, 0) is 11.6 Å². The molecule has 0 bridgehead atoms. The Labute approximate surface area is 94.2 Å². The van der Waals surface area contributed by atoms with E-state index in [9.17, 15) is 0 Å². The molecule has 0 amide bonds. The highest BCUT2D eigenvalue weighted by atomic mass is 14.8. The van der Waals surface area contributed by atoms with Gasteiger partial charge in [0.25, 0.3) is 0 Å². The van der Waals surface area contributed by atoms with Crippen molar-refractivity contribution in [3.05, 3.63) is 66.1 Å². The van der Waals surface area contributed by atoms with Crippen LogP contribution in [0.1, 0.15) is 0 Å². The molecule has 0 radical (unpaired) electrons. The summed E-state index contributed by atoms with van der Waals surface area (Å²) in [6.07, 6.45) is 0. The summed E-state index contributed by atoms with van der Waals surface area (Å²) >= 11 is 0. The van der Waals surface area contributed by atoms with Crippen molar-refractivity contribution >= 4 is 5.69 Å². The van der Waals surface area contributed by atoms with E-state index in [0.29, 0.717) is 5.69 Å². The number of hydrogen-bond donors (Lipinski definition) is 0. The van der Waals surface area contributed by atoms with E-state index in [1.54, 1.807) is 6.07 Å². The molecule has 3 nitrogen and oxygen atoms in total. The fourth-order valence-corrected chi connectivity index (χ4v) is 1.42. The van der Waals surface area contributed by atoms with Gasteiger partial charge in [-0.2, -0.15) is 0 Å². The predicted molar refractivity (Wildman–Crippen MR) is 61.6 cm³/mol. The minimum Gasteiger partial charge on any atom is -0.512 e. The first-order chi connectivity index (χ1) is 7.92. The maximum absolute atomic E-state index is 8.80. The third-order valence-electron chi connectivity index (χ3n) is 2.10. The molecule has 2 aromatic rings. The van der Waals surface area contributed by atoms with E-state index in [0.717, 1.165) is 11.1 Å². The third-order valence-corrected chi connectivity index (χ3v) is 2.10. The van der Waals surface area contributed by atoms with Gasteiger partial charge in [-0.3, -0.25) is 0 Å². The molecule has 0 unspecified atom stereocenters. The van der Waals surface area contributed by atoms with Gasteiger partial charge in [0.1, 0.15) is 0 Å². The summed E-state index contributed by atoms with van der Waals surface area (Å²) < 4.78 is 0. The zero-order valence-electron chi connectivity index (χ0n) is 8.54. The van der Waals surface area contributed by atoms with Gasteiger partial charge >= 0.3 is 5.69 Å². The first kappa shape index (κ1) is 11.4. The monoisotopic (exact) mass is 207 g/mol. The van der Waals surface area contributed by atoms with Crippen molar-refractivity contribution in [3.63, 3.8) is 0 Å². The molecule has 0 fully saturated rings. The van der Waals surface area contributed by atoms with E-state index in [4.69, 9.17) is 17.2 Å². The molecule has 2 aromatic carbocycles. The summed E-state index contributed by atoms with van der Waals surface area (Å²) in [5.74, 6) is 0. The molecule has 0 saturated heterocycles. The summed E-state index contributed by atoms with van der Waals surface area (Å²) in [6.45, 7) is 4.75. The Morgan fingerprint density at radius 3 is 2.00 bits per heavy atom. The van der Waals surface area contributed by atoms with E-state index in [2.05, 4.69) is 4.98 Å². The highest BCUT2D eigenvalue weighted by molar-refractivity contribution is 5.77. The van der Waals surface area contributed by atoms with Crippen LogP contribution in [0.4, 0.5) is 5.69 Å². The van der Waals surface area contributed by atoms with Crippen LogP contribution < -0.4 is 0 Å². The SMILES string of the molecule is N#[N+]c1ccccc1-c1ccccc1.[C-]#N. The second kappa shape index (κ2) is 5.95. The van der Waals surface area contributed by atoms with Crippen LogP contribution in [0.15, 0.2) is 54.6 Å². The minimum absolute atomic E-state index is 0.596. The van der Waals surface area contributed by atoms with Crippen molar-refractivity contribution in [2.75, 3.05) is 0 Å². The molecule has 3 heteroatoms. The molecule has 0 aliphatic heterocycles. The summed E-state index contributed by atoms with van der Waals surface area (Å²) in [4.78, 5) is 3.25. The third kappa shape index (κ3) is 2.43. The summed E-state index contributed by atoms with van der Waals surface area (Å²) in [6, 6.07) is 17.4. The molecule has 0 spiro atoms. The number of benzene rings is 2. The maximum atomic E-state index is 8.80. The summed E-state index contributed by atoms with van der Waals surface area (Å²) in [5, 5.41) is 15.1. The van der Waals surface area contributed by atoms with Crippen LogP contribution in [-0.4, -0.2) is 0 Å². The number of rotatable bonds is 1. The lowest BCUT2D eigenvalue weighted by molar-refractivity contribution is 1.46. The van der Waals surface area contributed by atoms with Crippen molar-refractivity contribution in [2.45, 2.75) is 0 Å². The molecule has 0 aromatic heterocycles. The highest BCUT2D eigenvalue weighted by Crippen LogP contribution is 2.29. The summed E-state index contributed by atoms with van der Waals surface area (Å²) in [5.41, 5.74) is 2.59. The first-order valence-electron chi connectivity index (χ1n) is 4.64. The van der Waals surface area contributed by atoms with Gasteiger partial charge in [0.15, 0.2) is 4.98 Å². The maximum Gasteiger partial charge on any atom is 0.392 e. The lowest BCUT2D eigenvalue weighted by Gasteiger charge is -1.96. The predicted octanol–water partition coefficient (Wildman–Crippen LogP) is 3.93.